The molecule has 0 unspecified atom stereocenters. The molecule has 4 rings (SSSR count). The van der Waals surface area contributed by atoms with E-state index in [0.717, 1.165) is 43.8 Å². The monoisotopic (exact) mass is 413 g/mol. The number of aromatic nitrogens is 2. The van der Waals surface area contributed by atoms with Gasteiger partial charge in [-0.3, -0.25) is 14.9 Å². The second-order valence-electron chi connectivity index (χ2n) is 7.41. The van der Waals surface area contributed by atoms with Crippen LogP contribution in [0.1, 0.15) is 41.8 Å². The maximum Gasteiger partial charge on any atom is 0.416 e. The van der Waals surface area contributed by atoms with Crippen molar-refractivity contribution in [3.63, 3.8) is 0 Å². The van der Waals surface area contributed by atoms with Crippen LogP contribution < -0.4 is 0 Å². The third-order valence-corrected chi connectivity index (χ3v) is 5.44. The number of benzene rings is 1. The fraction of sp³-hybridized carbons (Fsp3) is 0.304. The molecule has 156 valence electrons. The Bertz CT molecular complexity index is 988. The first-order valence-corrected chi connectivity index (χ1v) is 9.91. The van der Waals surface area contributed by atoms with Crippen LogP contribution in [0.2, 0.25) is 0 Å². The van der Waals surface area contributed by atoms with Crippen LogP contribution in [0.4, 0.5) is 13.2 Å². The van der Waals surface area contributed by atoms with Crippen molar-refractivity contribution in [1.82, 2.24) is 14.9 Å². The molecule has 0 saturated carbocycles. The molecule has 0 bridgehead atoms. The van der Waals surface area contributed by atoms with Crippen LogP contribution in [0.3, 0.4) is 0 Å². The van der Waals surface area contributed by atoms with E-state index in [0.29, 0.717) is 16.8 Å². The van der Waals surface area contributed by atoms with Crippen LogP contribution in [0.25, 0.3) is 11.3 Å². The maximum atomic E-state index is 13.2. The van der Waals surface area contributed by atoms with E-state index in [1.165, 1.54) is 12.3 Å². The van der Waals surface area contributed by atoms with Crippen molar-refractivity contribution in [3.8, 4) is 11.3 Å². The molecule has 30 heavy (non-hydrogen) atoms. The van der Waals surface area contributed by atoms with Gasteiger partial charge in [-0.1, -0.05) is 24.3 Å². The van der Waals surface area contributed by atoms with E-state index in [9.17, 15) is 18.3 Å². The highest BCUT2D eigenvalue weighted by molar-refractivity contribution is 5.64. The van der Waals surface area contributed by atoms with Gasteiger partial charge in [-0.05, 0) is 56.3 Å². The highest BCUT2D eigenvalue weighted by Crippen LogP contribution is 2.39. The first-order valence-electron chi connectivity index (χ1n) is 9.91. The number of aliphatic hydroxyl groups excluding tert-OH is 1. The predicted molar refractivity (Wildman–Crippen MR) is 107 cm³/mol. The zero-order valence-corrected chi connectivity index (χ0v) is 16.3. The maximum absolute atomic E-state index is 13.2. The quantitative estimate of drug-likeness (QED) is 0.637. The third-order valence-electron chi connectivity index (χ3n) is 5.44. The van der Waals surface area contributed by atoms with Crippen molar-refractivity contribution in [1.29, 1.82) is 0 Å². The molecule has 0 spiro atoms. The fourth-order valence-corrected chi connectivity index (χ4v) is 4.03. The van der Waals surface area contributed by atoms with Gasteiger partial charge in [-0.2, -0.15) is 13.2 Å². The van der Waals surface area contributed by atoms with Gasteiger partial charge >= 0.3 is 6.18 Å². The summed E-state index contributed by atoms with van der Waals surface area (Å²) in [5.41, 5.74) is 1.13. The molecule has 0 amide bonds. The van der Waals surface area contributed by atoms with Crippen LogP contribution in [0, 0.1) is 0 Å². The summed E-state index contributed by atoms with van der Waals surface area (Å²) >= 11 is 0. The Morgan fingerprint density at radius 3 is 2.37 bits per heavy atom. The summed E-state index contributed by atoms with van der Waals surface area (Å²) in [6.45, 7) is 1.66. The lowest BCUT2D eigenvalue weighted by atomic mass is 9.93. The molecule has 2 aromatic heterocycles. The van der Waals surface area contributed by atoms with Gasteiger partial charge in [0.05, 0.1) is 23.0 Å². The highest BCUT2D eigenvalue weighted by atomic mass is 19.4. The first kappa shape index (κ1) is 20.5. The van der Waals surface area contributed by atoms with Gasteiger partial charge in [-0.25, -0.2) is 0 Å². The Labute approximate surface area is 173 Å². The largest absolute Gasteiger partial charge is 0.416 e. The summed E-state index contributed by atoms with van der Waals surface area (Å²) in [6.07, 6.45) is -0.168. The molecule has 7 heteroatoms. The van der Waals surface area contributed by atoms with Crippen LogP contribution in [0.5, 0.6) is 0 Å². The number of alkyl halides is 3. The smallest absolute Gasteiger partial charge is 0.386 e. The average molecular weight is 413 g/mol. The minimum atomic E-state index is -4.45. The van der Waals surface area contributed by atoms with Gasteiger partial charge in [-0.15, -0.1) is 0 Å². The number of nitrogens with zero attached hydrogens (tertiary/aromatic N) is 3. The van der Waals surface area contributed by atoms with Crippen molar-refractivity contribution in [2.75, 3.05) is 13.1 Å². The molecular formula is C23H22F3N3O. The normalized spacial score (nSPS) is 17.1. The average Bonchev–Trinajstić information content (AvgIpc) is 3.28. The Hall–Kier alpha value is -2.77. The van der Waals surface area contributed by atoms with Crippen molar-refractivity contribution < 1.29 is 18.3 Å². The number of likely N-dealkylation sites (tertiary alicyclic amines) is 1. The Kier molecular flexibility index (Phi) is 5.83. The molecule has 4 nitrogen and oxygen atoms in total. The number of hydrogen-bond donors (Lipinski definition) is 1. The molecule has 2 atom stereocenters. The van der Waals surface area contributed by atoms with E-state index in [1.54, 1.807) is 24.4 Å². The van der Waals surface area contributed by atoms with E-state index in [-0.39, 0.29) is 0 Å². The molecule has 0 radical (unpaired) electrons. The molecule has 3 heterocycles. The van der Waals surface area contributed by atoms with Crippen LogP contribution in [0.15, 0.2) is 67.0 Å². The van der Waals surface area contributed by atoms with Crippen LogP contribution in [-0.2, 0) is 6.18 Å². The van der Waals surface area contributed by atoms with Gasteiger partial charge < -0.3 is 5.11 Å². The standard InChI is InChI=1S/C23H22F3N3O/c24-23(25,26)17-8-5-7-16(15-17)20-18(9-6-12-28-20)22(30)21(29-13-3-4-14-29)19-10-1-2-11-27-19/h1-2,5-12,15,21-22,30H,3-4,13-14H2/t21-,22+/m0/s1. The van der Waals surface area contributed by atoms with Crippen molar-refractivity contribution in [2.24, 2.45) is 0 Å². The molecule has 1 saturated heterocycles. The van der Waals surface area contributed by atoms with E-state index in [4.69, 9.17) is 0 Å². The van der Waals surface area contributed by atoms with Crippen LogP contribution in [-0.4, -0.2) is 33.1 Å². The minimum Gasteiger partial charge on any atom is -0.386 e. The molecule has 1 N–H and O–H groups in total. The lowest BCUT2D eigenvalue weighted by molar-refractivity contribution is -0.137. The Morgan fingerprint density at radius 1 is 0.900 bits per heavy atom. The summed E-state index contributed by atoms with van der Waals surface area (Å²) in [4.78, 5) is 11.0. The number of aliphatic hydroxyl groups is 1. The summed E-state index contributed by atoms with van der Waals surface area (Å²) in [7, 11) is 0. The van der Waals surface area contributed by atoms with Crippen molar-refractivity contribution in [2.45, 2.75) is 31.2 Å². The SMILES string of the molecule is O[C@H](c1cccnc1-c1cccc(C(F)(F)F)c1)[C@H](c1ccccn1)N1CCCC1. The summed E-state index contributed by atoms with van der Waals surface area (Å²) in [5, 5.41) is 11.4. The molecule has 1 fully saturated rings. The van der Waals surface area contributed by atoms with E-state index in [2.05, 4.69) is 14.9 Å². The van der Waals surface area contributed by atoms with Gasteiger partial charge in [0.15, 0.2) is 0 Å². The number of halogens is 3. The summed E-state index contributed by atoms with van der Waals surface area (Å²) in [5.74, 6) is 0. The Balaban J connectivity index is 1.77. The van der Waals surface area contributed by atoms with E-state index >= 15 is 0 Å². The molecule has 1 aromatic carbocycles. The lowest BCUT2D eigenvalue weighted by Gasteiger charge is -2.32. The topological polar surface area (TPSA) is 49.3 Å². The molecule has 1 aliphatic heterocycles. The second kappa shape index (κ2) is 8.53. The molecule has 1 aliphatic rings. The van der Waals surface area contributed by atoms with Crippen molar-refractivity contribution in [3.05, 3.63) is 83.8 Å². The van der Waals surface area contributed by atoms with E-state index in [1.807, 2.05) is 18.2 Å². The number of hydrogen-bond acceptors (Lipinski definition) is 4. The highest BCUT2D eigenvalue weighted by Gasteiger charge is 2.34. The van der Waals surface area contributed by atoms with Crippen LogP contribution >= 0.6 is 0 Å². The van der Waals surface area contributed by atoms with Crippen molar-refractivity contribution >= 4 is 0 Å². The molecule has 0 aliphatic carbocycles. The Morgan fingerprint density at radius 2 is 1.67 bits per heavy atom. The van der Waals surface area contributed by atoms with Gasteiger partial charge in [0, 0.05) is 23.5 Å². The summed E-state index contributed by atoms with van der Waals surface area (Å²) in [6, 6.07) is 13.6. The fourth-order valence-electron chi connectivity index (χ4n) is 4.03. The number of rotatable bonds is 5. The minimum absolute atomic E-state index is 0.320. The van der Waals surface area contributed by atoms with Gasteiger partial charge in [0.2, 0.25) is 0 Å². The zero-order chi connectivity index (χ0) is 21.1. The van der Waals surface area contributed by atoms with Gasteiger partial charge in [0.25, 0.3) is 0 Å². The predicted octanol–water partition coefficient (Wildman–Crippen LogP) is 5.03. The lowest BCUT2D eigenvalue weighted by Crippen LogP contribution is -2.31. The molecular weight excluding hydrogens is 391 g/mol. The number of pyridine rings is 2. The van der Waals surface area contributed by atoms with E-state index < -0.39 is 23.9 Å². The summed E-state index contributed by atoms with van der Waals surface area (Å²) < 4.78 is 39.6. The van der Waals surface area contributed by atoms with Gasteiger partial charge in [0.1, 0.15) is 6.10 Å². The zero-order valence-electron chi connectivity index (χ0n) is 16.3. The first-order chi connectivity index (χ1) is 14.4. The third kappa shape index (κ3) is 4.22. The molecule has 3 aromatic rings. The second-order valence-corrected chi connectivity index (χ2v) is 7.41.